The maximum Gasteiger partial charge on any atom is 0.407 e. The van der Waals surface area contributed by atoms with Crippen molar-refractivity contribution in [1.82, 2.24) is 10.6 Å². The van der Waals surface area contributed by atoms with Gasteiger partial charge in [-0.1, -0.05) is 62.4 Å². The highest BCUT2D eigenvalue weighted by Gasteiger charge is 2.29. The summed E-state index contributed by atoms with van der Waals surface area (Å²) in [6.45, 7) is 6.67. The van der Waals surface area contributed by atoms with Gasteiger partial charge in [-0.25, -0.2) is 4.79 Å². The molecule has 5 nitrogen and oxygen atoms in total. The fraction of sp³-hybridized carbons (Fsp3) is 0.391. The maximum atomic E-state index is 12.4. The Morgan fingerprint density at radius 3 is 2.11 bits per heavy atom. The van der Waals surface area contributed by atoms with Crippen LogP contribution in [-0.2, 0) is 9.53 Å². The highest BCUT2D eigenvalue weighted by atomic mass is 16.5. The van der Waals surface area contributed by atoms with Crippen LogP contribution in [0.3, 0.4) is 0 Å². The average molecular weight is 380 g/mol. The van der Waals surface area contributed by atoms with Gasteiger partial charge in [-0.15, -0.1) is 0 Å². The first-order chi connectivity index (χ1) is 13.5. The van der Waals surface area contributed by atoms with E-state index in [1.807, 2.05) is 45.0 Å². The van der Waals surface area contributed by atoms with Crippen LogP contribution in [0.5, 0.6) is 0 Å². The second-order valence-corrected chi connectivity index (χ2v) is 7.55. The predicted octanol–water partition coefficient (Wildman–Crippen LogP) is 4.08. The Hall–Kier alpha value is -2.82. The fourth-order valence-corrected chi connectivity index (χ4v) is 3.78. The molecule has 28 heavy (non-hydrogen) atoms. The van der Waals surface area contributed by atoms with E-state index in [1.165, 1.54) is 22.3 Å². The summed E-state index contributed by atoms with van der Waals surface area (Å²) in [7, 11) is 0. The Labute approximate surface area is 166 Å². The molecule has 0 heterocycles. The van der Waals surface area contributed by atoms with Gasteiger partial charge in [-0.3, -0.25) is 4.79 Å². The van der Waals surface area contributed by atoms with Crippen molar-refractivity contribution in [2.24, 2.45) is 5.92 Å². The molecule has 148 valence electrons. The third kappa shape index (κ3) is 4.35. The zero-order valence-electron chi connectivity index (χ0n) is 16.7. The molecule has 2 amide bonds. The summed E-state index contributed by atoms with van der Waals surface area (Å²) in [4.78, 5) is 24.6. The molecule has 1 aliphatic carbocycles. The first kappa shape index (κ1) is 19.9. The molecule has 2 aromatic rings. The highest BCUT2D eigenvalue weighted by molar-refractivity contribution is 5.85. The molecule has 0 aromatic heterocycles. The van der Waals surface area contributed by atoms with Crippen LogP contribution in [0.15, 0.2) is 48.5 Å². The number of alkyl carbamates (subject to hydrolysis) is 1. The molecule has 0 spiro atoms. The summed E-state index contributed by atoms with van der Waals surface area (Å²) in [5, 5.41) is 5.50. The van der Waals surface area contributed by atoms with Gasteiger partial charge in [0.15, 0.2) is 0 Å². The average Bonchev–Trinajstić information content (AvgIpc) is 3.00. The predicted molar refractivity (Wildman–Crippen MR) is 110 cm³/mol. The summed E-state index contributed by atoms with van der Waals surface area (Å²) >= 11 is 0. The maximum absolute atomic E-state index is 12.4. The summed E-state index contributed by atoms with van der Waals surface area (Å²) in [6.07, 6.45) is 0.00881. The normalized spacial score (nSPS) is 13.6. The van der Waals surface area contributed by atoms with Gasteiger partial charge in [-0.2, -0.15) is 0 Å². The molecule has 0 saturated carbocycles. The Morgan fingerprint density at radius 2 is 1.57 bits per heavy atom. The minimum Gasteiger partial charge on any atom is -0.449 e. The third-order valence-electron chi connectivity index (χ3n) is 5.01. The topological polar surface area (TPSA) is 67.4 Å². The number of carbonyl (C=O) groups is 2. The van der Waals surface area contributed by atoms with E-state index in [1.54, 1.807) is 0 Å². The van der Waals surface area contributed by atoms with Crippen LogP contribution in [-0.4, -0.2) is 31.2 Å². The summed E-state index contributed by atoms with van der Waals surface area (Å²) in [5.74, 6) is 0.109. The molecule has 0 radical (unpaired) electrons. The quantitative estimate of drug-likeness (QED) is 0.761. The van der Waals surface area contributed by atoms with E-state index in [0.29, 0.717) is 13.0 Å². The molecule has 3 rings (SSSR count). The van der Waals surface area contributed by atoms with Crippen molar-refractivity contribution in [1.29, 1.82) is 0 Å². The van der Waals surface area contributed by atoms with E-state index in [9.17, 15) is 9.59 Å². The number of likely N-dealkylation sites (N-methyl/N-ethyl adjacent to an activating group) is 1. The van der Waals surface area contributed by atoms with Crippen LogP contribution in [0.25, 0.3) is 11.1 Å². The van der Waals surface area contributed by atoms with Crippen molar-refractivity contribution in [3.05, 3.63) is 59.7 Å². The van der Waals surface area contributed by atoms with Gasteiger partial charge in [0.2, 0.25) is 5.91 Å². The first-order valence-electron chi connectivity index (χ1n) is 9.90. The Morgan fingerprint density at radius 1 is 1.00 bits per heavy atom. The van der Waals surface area contributed by atoms with Gasteiger partial charge < -0.3 is 15.4 Å². The summed E-state index contributed by atoms with van der Waals surface area (Å²) in [6, 6.07) is 15.8. The second-order valence-electron chi connectivity index (χ2n) is 7.55. The van der Waals surface area contributed by atoms with Crippen LogP contribution in [0.1, 0.15) is 44.2 Å². The molecular formula is C23H28N2O3. The number of ether oxygens (including phenoxy) is 1. The van der Waals surface area contributed by atoms with E-state index in [0.717, 1.165) is 0 Å². The minimum absolute atomic E-state index is 0.00571. The molecule has 0 bridgehead atoms. The molecule has 5 heteroatoms. The van der Waals surface area contributed by atoms with E-state index < -0.39 is 12.1 Å². The lowest BCUT2D eigenvalue weighted by Gasteiger charge is -2.20. The van der Waals surface area contributed by atoms with Crippen LogP contribution in [0, 0.1) is 5.92 Å². The molecule has 1 aliphatic rings. The fourth-order valence-electron chi connectivity index (χ4n) is 3.78. The first-order valence-corrected chi connectivity index (χ1v) is 9.90. The van der Waals surface area contributed by atoms with Gasteiger partial charge in [-0.05, 0) is 41.5 Å². The van der Waals surface area contributed by atoms with Crippen LogP contribution >= 0.6 is 0 Å². The number of carbonyl (C=O) groups excluding carboxylic acids is 2. The van der Waals surface area contributed by atoms with Crippen molar-refractivity contribution in [3.63, 3.8) is 0 Å². The van der Waals surface area contributed by atoms with Crippen molar-refractivity contribution in [2.45, 2.75) is 39.2 Å². The van der Waals surface area contributed by atoms with Crippen molar-refractivity contribution in [2.75, 3.05) is 13.2 Å². The Kier molecular flexibility index (Phi) is 6.34. The van der Waals surface area contributed by atoms with Gasteiger partial charge >= 0.3 is 6.09 Å². The van der Waals surface area contributed by atoms with E-state index >= 15 is 0 Å². The number of hydrogen-bond acceptors (Lipinski definition) is 3. The van der Waals surface area contributed by atoms with E-state index in [2.05, 4.69) is 34.9 Å². The molecule has 2 N–H and O–H groups in total. The Bertz CT molecular complexity index is 802. The lowest BCUT2D eigenvalue weighted by atomic mass is 9.98. The molecule has 0 unspecified atom stereocenters. The zero-order valence-corrected chi connectivity index (χ0v) is 16.7. The molecule has 0 fully saturated rings. The molecule has 0 aliphatic heterocycles. The SMILES string of the molecule is CCNC(=O)[C@H](CC(C)C)NC(=O)OCC1c2ccccc2-c2ccccc21. The molecular weight excluding hydrogens is 352 g/mol. The van der Waals surface area contributed by atoms with Crippen LogP contribution < -0.4 is 10.6 Å². The number of rotatable bonds is 7. The summed E-state index contributed by atoms with van der Waals surface area (Å²) in [5.41, 5.74) is 4.71. The standard InChI is InChI=1S/C23H28N2O3/c1-4-24-22(26)21(13-15(2)3)25-23(27)28-14-20-18-11-7-5-9-16(18)17-10-6-8-12-19(17)20/h5-12,15,20-21H,4,13-14H2,1-3H3,(H,24,26)(H,25,27)/t21-/m0/s1. The largest absolute Gasteiger partial charge is 0.449 e. The number of hydrogen-bond donors (Lipinski definition) is 2. The van der Waals surface area contributed by atoms with Crippen LogP contribution in [0.4, 0.5) is 4.79 Å². The Balaban J connectivity index is 1.68. The smallest absolute Gasteiger partial charge is 0.407 e. The monoisotopic (exact) mass is 380 g/mol. The number of fused-ring (bicyclic) bond motifs is 3. The molecule has 2 aromatic carbocycles. The summed E-state index contributed by atoms with van der Waals surface area (Å²) < 4.78 is 5.55. The zero-order chi connectivity index (χ0) is 20.1. The minimum atomic E-state index is -0.587. The van der Waals surface area contributed by atoms with Gasteiger partial charge in [0.1, 0.15) is 12.6 Å². The van der Waals surface area contributed by atoms with Crippen molar-refractivity contribution < 1.29 is 14.3 Å². The number of amides is 2. The van der Waals surface area contributed by atoms with Crippen molar-refractivity contribution >= 4 is 12.0 Å². The lowest BCUT2D eigenvalue weighted by Crippen LogP contribution is -2.47. The third-order valence-corrected chi connectivity index (χ3v) is 5.01. The van der Waals surface area contributed by atoms with Gasteiger partial charge in [0.25, 0.3) is 0 Å². The van der Waals surface area contributed by atoms with Gasteiger partial charge in [0, 0.05) is 12.5 Å². The number of nitrogens with one attached hydrogen (secondary N) is 2. The van der Waals surface area contributed by atoms with Gasteiger partial charge in [0.05, 0.1) is 0 Å². The van der Waals surface area contributed by atoms with Crippen molar-refractivity contribution in [3.8, 4) is 11.1 Å². The number of benzene rings is 2. The highest BCUT2D eigenvalue weighted by Crippen LogP contribution is 2.44. The van der Waals surface area contributed by atoms with Crippen LogP contribution in [0.2, 0.25) is 0 Å². The second kappa shape index (κ2) is 8.91. The molecule has 1 atom stereocenters. The van der Waals surface area contributed by atoms with E-state index in [-0.39, 0.29) is 24.3 Å². The van der Waals surface area contributed by atoms with E-state index in [4.69, 9.17) is 4.74 Å². The lowest BCUT2D eigenvalue weighted by molar-refractivity contribution is -0.123. The molecule has 0 saturated heterocycles.